The van der Waals surface area contributed by atoms with Gasteiger partial charge in [-0.05, 0) is 36.8 Å². The minimum absolute atomic E-state index is 0.665. The highest BCUT2D eigenvalue weighted by Crippen LogP contribution is 2.30. The zero-order valence-corrected chi connectivity index (χ0v) is 9.82. The van der Waals surface area contributed by atoms with Crippen LogP contribution in [0.4, 0.5) is 0 Å². The van der Waals surface area contributed by atoms with E-state index in [0.29, 0.717) is 6.04 Å². The highest BCUT2D eigenvalue weighted by atomic mass is 15.4. The van der Waals surface area contributed by atoms with Crippen LogP contribution in [0.15, 0.2) is 24.5 Å². The average molecular weight is 206 g/mol. The molecule has 2 heteroatoms. The second-order valence-corrected chi connectivity index (χ2v) is 5.09. The van der Waals surface area contributed by atoms with Crippen LogP contribution in [0.1, 0.15) is 39.5 Å². The maximum absolute atomic E-state index is 3.56. The Morgan fingerprint density at radius 1 is 1.20 bits per heavy atom. The van der Waals surface area contributed by atoms with Crippen LogP contribution in [0, 0.1) is 11.8 Å². The van der Waals surface area contributed by atoms with Gasteiger partial charge in [0, 0.05) is 18.4 Å². The first-order chi connectivity index (χ1) is 7.25. The molecular formula is C13H22N2. The third kappa shape index (κ3) is 2.77. The number of rotatable bonds is 3. The molecule has 1 heterocycles. The number of nitrogens with one attached hydrogen (secondary N) is 1. The van der Waals surface area contributed by atoms with Gasteiger partial charge < -0.3 is 5.43 Å². The quantitative estimate of drug-likeness (QED) is 0.803. The molecular weight excluding hydrogens is 184 g/mol. The summed E-state index contributed by atoms with van der Waals surface area (Å²) in [7, 11) is 0. The van der Waals surface area contributed by atoms with Crippen LogP contribution >= 0.6 is 0 Å². The normalized spacial score (nSPS) is 26.9. The minimum Gasteiger partial charge on any atom is -0.323 e. The maximum Gasteiger partial charge on any atom is 0.0427 e. The van der Waals surface area contributed by atoms with Gasteiger partial charge >= 0.3 is 0 Å². The standard InChI is InChI=1S/C13H22N2/c1-11(2)12-6-5-7-13(10-12)14-15-8-3-4-9-15/h3-4,8-9,11-14H,5-7,10H2,1-2H3. The molecule has 1 aliphatic rings. The number of nitrogens with zero attached hydrogens (tertiary/aromatic N) is 1. The Hall–Kier alpha value is -0.920. The topological polar surface area (TPSA) is 17.0 Å². The van der Waals surface area contributed by atoms with Gasteiger partial charge in [0.15, 0.2) is 0 Å². The van der Waals surface area contributed by atoms with E-state index in [4.69, 9.17) is 0 Å². The van der Waals surface area contributed by atoms with Crippen LogP contribution in [-0.2, 0) is 0 Å². The van der Waals surface area contributed by atoms with Gasteiger partial charge in [-0.25, -0.2) is 0 Å². The zero-order chi connectivity index (χ0) is 10.7. The molecule has 0 saturated heterocycles. The Labute approximate surface area is 92.6 Å². The summed E-state index contributed by atoms with van der Waals surface area (Å²) in [4.78, 5) is 0. The summed E-state index contributed by atoms with van der Waals surface area (Å²) in [5.74, 6) is 1.74. The summed E-state index contributed by atoms with van der Waals surface area (Å²) in [6, 6.07) is 4.80. The maximum atomic E-state index is 3.56. The van der Waals surface area contributed by atoms with Crippen LogP contribution in [0.3, 0.4) is 0 Å². The van der Waals surface area contributed by atoms with E-state index in [-0.39, 0.29) is 0 Å². The molecule has 1 N–H and O–H groups in total. The first kappa shape index (κ1) is 10.6. The van der Waals surface area contributed by atoms with Gasteiger partial charge in [0.25, 0.3) is 0 Å². The summed E-state index contributed by atoms with van der Waals surface area (Å²) in [5, 5.41) is 0. The lowest BCUT2D eigenvalue weighted by atomic mass is 9.79. The van der Waals surface area contributed by atoms with Gasteiger partial charge in [-0.15, -0.1) is 0 Å². The van der Waals surface area contributed by atoms with E-state index in [1.807, 2.05) is 0 Å². The lowest BCUT2D eigenvalue weighted by Gasteiger charge is -2.32. The van der Waals surface area contributed by atoms with Crippen LogP contribution in [0.5, 0.6) is 0 Å². The van der Waals surface area contributed by atoms with Crippen LogP contribution in [-0.4, -0.2) is 10.7 Å². The van der Waals surface area contributed by atoms with Crippen molar-refractivity contribution in [3.05, 3.63) is 24.5 Å². The van der Waals surface area contributed by atoms with E-state index >= 15 is 0 Å². The fraction of sp³-hybridized carbons (Fsp3) is 0.692. The molecule has 1 aliphatic carbocycles. The summed E-state index contributed by atoms with van der Waals surface area (Å²) >= 11 is 0. The van der Waals surface area contributed by atoms with Crippen molar-refractivity contribution >= 4 is 0 Å². The third-order valence-corrected chi connectivity index (χ3v) is 3.59. The molecule has 1 saturated carbocycles. The SMILES string of the molecule is CC(C)C1CCCC(Nn2cccc2)C1. The fourth-order valence-electron chi connectivity index (χ4n) is 2.58. The second kappa shape index (κ2) is 4.73. The van der Waals surface area contributed by atoms with E-state index in [1.54, 1.807) is 0 Å². The van der Waals surface area contributed by atoms with Crippen molar-refractivity contribution in [2.24, 2.45) is 11.8 Å². The van der Waals surface area contributed by atoms with Gasteiger partial charge in [0.05, 0.1) is 0 Å². The van der Waals surface area contributed by atoms with E-state index in [1.165, 1.54) is 25.7 Å². The summed E-state index contributed by atoms with van der Waals surface area (Å²) in [6.07, 6.45) is 9.61. The lowest BCUT2D eigenvalue weighted by Crippen LogP contribution is -2.33. The van der Waals surface area contributed by atoms with Crippen molar-refractivity contribution < 1.29 is 0 Å². The smallest absolute Gasteiger partial charge is 0.0427 e. The van der Waals surface area contributed by atoms with Crippen molar-refractivity contribution in [3.63, 3.8) is 0 Å². The Balaban J connectivity index is 1.88. The van der Waals surface area contributed by atoms with Crippen molar-refractivity contribution in [2.45, 2.75) is 45.6 Å². The van der Waals surface area contributed by atoms with Crippen molar-refractivity contribution in [1.29, 1.82) is 0 Å². The first-order valence-corrected chi connectivity index (χ1v) is 6.15. The predicted molar refractivity (Wildman–Crippen MR) is 64.4 cm³/mol. The molecule has 2 rings (SSSR count). The molecule has 0 amide bonds. The third-order valence-electron chi connectivity index (χ3n) is 3.59. The Bertz CT molecular complexity index is 277. The van der Waals surface area contributed by atoms with E-state index < -0.39 is 0 Å². The molecule has 0 aliphatic heterocycles. The monoisotopic (exact) mass is 206 g/mol. The van der Waals surface area contributed by atoms with E-state index in [0.717, 1.165) is 11.8 Å². The second-order valence-electron chi connectivity index (χ2n) is 5.09. The zero-order valence-electron chi connectivity index (χ0n) is 9.82. The van der Waals surface area contributed by atoms with Crippen LogP contribution < -0.4 is 5.43 Å². The summed E-state index contributed by atoms with van der Waals surface area (Å²) in [5.41, 5.74) is 3.56. The molecule has 0 radical (unpaired) electrons. The van der Waals surface area contributed by atoms with Crippen molar-refractivity contribution in [2.75, 3.05) is 5.43 Å². The van der Waals surface area contributed by atoms with Crippen molar-refractivity contribution in [1.82, 2.24) is 4.68 Å². The fourth-order valence-corrected chi connectivity index (χ4v) is 2.58. The molecule has 15 heavy (non-hydrogen) atoms. The minimum atomic E-state index is 0.665. The molecule has 0 spiro atoms. The molecule has 2 nitrogen and oxygen atoms in total. The van der Waals surface area contributed by atoms with E-state index in [9.17, 15) is 0 Å². The molecule has 0 bridgehead atoms. The molecule has 1 aromatic heterocycles. The van der Waals surface area contributed by atoms with Crippen molar-refractivity contribution in [3.8, 4) is 0 Å². The molecule has 0 aromatic carbocycles. The van der Waals surface area contributed by atoms with Gasteiger partial charge in [0.1, 0.15) is 0 Å². The van der Waals surface area contributed by atoms with E-state index in [2.05, 4.69) is 48.5 Å². The van der Waals surface area contributed by atoms with Gasteiger partial charge in [-0.3, -0.25) is 4.68 Å². The summed E-state index contributed by atoms with van der Waals surface area (Å²) < 4.78 is 2.09. The number of hydrogen-bond donors (Lipinski definition) is 1. The molecule has 84 valence electrons. The lowest BCUT2D eigenvalue weighted by molar-refractivity contribution is 0.257. The largest absolute Gasteiger partial charge is 0.323 e. The Morgan fingerprint density at radius 3 is 2.60 bits per heavy atom. The Kier molecular flexibility index (Phi) is 3.34. The average Bonchev–Trinajstić information content (AvgIpc) is 2.71. The molecule has 2 atom stereocenters. The Morgan fingerprint density at radius 2 is 1.93 bits per heavy atom. The predicted octanol–water partition coefficient (Wildman–Crippen LogP) is 3.25. The van der Waals surface area contributed by atoms with Gasteiger partial charge in [-0.2, -0.15) is 0 Å². The highest BCUT2D eigenvalue weighted by molar-refractivity contribution is 4.96. The van der Waals surface area contributed by atoms with Crippen LogP contribution in [0.2, 0.25) is 0 Å². The molecule has 2 unspecified atom stereocenters. The van der Waals surface area contributed by atoms with Gasteiger partial charge in [0.2, 0.25) is 0 Å². The van der Waals surface area contributed by atoms with Crippen LogP contribution in [0.25, 0.3) is 0 Å². The first-order valence-electron chi connectivity index (χ1n) is 6.15. The number of hydrogen-bond acceptors (Lipinski definition) is 1. The molecule has 1 fully saturated rings. The van der Waals surface area contributed by atoms with Gasteiger partial charge in [-0.1, -0.05) is 26.7 Å². The summed E-state index contributed by atoms with van der Waals surface area (Å²) in [6.45, 7) is 4.70. The highest BCUT2D eigenvalue weighted by Gasteiger charge is 2.23. The number of aromatic nitrogens is 1. The molecule has 1 aromatic rings.